The van der Waals surface area contributed by atoms with Gasteiger partial charge in [-0.25, -0.2) is 4.98 Å². The second-order valence-corrected chi connectivity index (χ2v) is 8.11. The number of rotatable bonds is 5. The molecule has 0 fully saturated rings. The summed E-state index contributed by atoms with van der Waals surface area (Å²) >= 11 is 1.73. The molecule has 0 atom stereocenters. The molecule has 3 aromatic rings. The van der Waals surface area contributed by atoms with Gasteiger partial charge in [-0.2, -0.15) is 0 Å². The standard InChI is InChI=1S/C21H21N3O2S/c1-12(2)26-17-5-3-13(21(22)25)9-15(17)10-19-24-20-16-7-8-23-11-14(16)4-6-18(20)27-19/h3,5,7-9,11-12H,4,6,10H2,1-2H3,(H2,22,25). The molecule has 0 bridgehead atoms. The molecule has 1 aliphatic carbocycles. The van der Waals surface area contributed by atoms with E-state index in [1.54, 1.807) is 17.4 Å². The summed E-state index contributed by atoms with van der Waals surface area (Å²) in [4.78, 5) is 22.0. The Kier molecular flexibility index (Phi) is 4.66. The Labute approximate surface area is 162 Å². The van der Waals surface area contributed by atoms with E-state index in [1.165, 1.54) is 16.0 Å². The van der Waals surface area contributed by atoms with E-state index in [0.717, 1.165) is 34.9 Å². The molecule has 0 saturated carbocycles. The molecule has 5 nitrogen and oxygen atoms in total. The highest BCUT2D eigenvalue weighted by Crippen LogP contribution is 2.37. The van der Waals surface area contributed by atoms with Crippen molar-refractivity contribution in [3.8, 4) is 17.0 Å². The number of ether oxygens (including phenoxy) is 1. The Morgan fingerprint density at radius 1 is 1.30 bits per heavy atom. The highest BCUT2D eigenvalue weighted by molar-refractivity contribution is 7.12. The lowest BCUT2D eigenvalue weighted by atomic mass is 9.95. The molecule has 0 radical (unpaired) electrons. The monoisotopic (exact) mass is 379 g/mol. The lowest BCUT2D eigenvalue weighted by Crippen LogP contribution is -2.13. The number of nitrogens with zero attached hydrogens (tertiary/aromatic N) is 2. The van der Waals surface area contributed by atoms with Crippen molar-refractivity contribution in [1.82, 2.24) is 9.97 Å². The maximum atomic E-state index is 11.6. The van der Waals surface area contributed by atoms with E-state index in [2.05, 4.69) is 4.98 Å². The molecule has 1 amide bonds. The van der Waals surface area contributed by atoms with Gasteiger partial charge < -0.3 is 10.5 Å². The molecule has 0 saturated heterocycles. The van der Waals surface area contributed by atoms with Crippen LogP contribution >= 0.6 is 11.3 Å². The summed E-state index contributed by atoms with van der Waals surface area (Å²) in [5, 5.41) is 1.01. The topological polar surface area (TPSA) is 78.1 Å². The first kappa shape index (κ1) is 17.7. The Balaban J connectivity index is 1.70. The minimum Gasteiger partial charge on any atom is -0.491 e. The van der Waals surface area contributed by atoms with Crippen LogP contribution in [0.25, 0.3) is 11.3 Å². The van der Waals surface area contributed by atoms with Crippen LogP contribution in [-0.4, -0.2) is 22.0 Å². The van der Waals surface area contributed by atoms with Crippen LogP contribution < -0.4 is 10.5 Å². The second kappa shape index (κ2) is 7.12. The van der Waals surface area contributed by atoms with E-state index in [9.17, 15) is 4.79 Å². The van der Waals surface area contributed by atoms with Gasteiger partial charge in [-0.15, -0.1) is 11.3 Å². The van der Waals surface area contributed by atoms with Gasteiger partial charge in [0.2, 0.25) is 5.91 Å². The summed E-state index contributed by atoms with van der Waals surface area (Å²) in [6, 6.07) is 7.39. The van der Waals surface area contributed by atoms with Gasteiger partial charge in [-0.05, 0) is 56.5 Å². The summed E-state index contributed by atoms with van der Waals surface area (Å²) in [7, 11) is 0. The van der Waals surface area contributed by atoms with Gasteiger partial charge in [-0.1, -0.05) is 0 Å². The minimum atomic E-state index is -0.438. The van der Waals surface area contributed by atoms with Crippen LogP contribution in [-0.2, 0) is 19.3 Å². The SMILES string of the molecule is CC(C)Oc1ccc(C(N)=O)cc1Cc1nc2c(s1)CCc1cnccc1-2. The van der Waals surface area contributed by atoms with Gasteiger partial charge in [0.1, 0.15) is 5.75 Å². The van der Waals surface area contributed by atoms with Gasteiger partial charge in [0.25, 0.3) is 0 Å². The Hall–Kier alpha value is -2.73. The van der Waals surface area contributed by atoms with Crippen LogP contribution in [0.5, 0.6) is 5.75 Å². The quantitative estimate of drug-likeness (QED) is 0.732. The van der Waals surface area contributed by atoms with Crippen molar-refractivity contribution in [2.45, 2.75) is 39.2 Å². The predicted octanol–water partition coefficient (Wildman–Crippen LogP) is 3.78. The van der Waals surface area contributed by atoms with Crippen LogP contribution in [0.2, 0.25) is 0 Å². The zero-order valence-corrected chi connectivity index (χ0v) is 16.2. The smallest absolute Gasteiger partial charge is 0.248 e. The number of primary amides is 1. The fourth-order valence-electron chi connectivity index (χ4n) is 3.36. The number of aryl methyl sites for hydroxylation is 2. The van der Waals surface area contributed by atoms with E-state index in [1.807, 2.05) is 44.4 Å². The van der Waals surface area contributed by atoms with Gasteiger partial charge in [0, 0.05) is 40.4 Å². The molecule has 138 valence electrons. The second-order valence-electron chi connectivity index (χ2n) is 6.94. The van der Waals surface area contributed by atoms with Gasteiger partial charge in [-0.3, -0.25) is 9.78 Å². The molecule has 27 heavy (non-hydrogen) atoms. The number of thiazole rings is 1. The molecule has 6 heteroatoms. The first-order chi connectivity index (χ1) is 13.0. The summed E-state index contributed by atoms with van der Waals surface area (Å²) < 4.78 is 5.93. The van der Waals surface area contributed by atoms with E-state index in [0.29, 0.717) is 12.0 Å². The predicted molar refractivity (Wildman–Crippen MR) is 106 cm³/mol. The van der Waals surface area contributed by atoms with Crippen molar-refractivity contribution in [2.24, 2.45) is 5.73 Å². The highest BCUT2D eigenvalue weighted by atomic mass is 32.1. The molecule has 0 spiro atoms. The van der Waals surface area contributed by atoms with Crippen LogP contribution in [0.3, 0.4) is 0 Å². The van der Waals surface area contributed by atoms with Crippen LogP contribution in [0, 0.1) is 0 Å². The van der Waals surface area contributed by atoms with Gasteiger partial charge >= 0.3 is 0 Å². The summed E-state index contributed by atoms with van der Waals surface area (Å²) in [5.41, 5.74) is 10.4. The molecule has 2 heterocycles. The Morgan fingerprint density at radius 3 is 2.93 bits per heavy atom. The Bertz CT molecular complexity index is 1010. The third-order valence-corrected chi connectivity index (χ3v) is 5.69. The van der Waals surface area contributed by atoms with Gasteiger partial charge in [0.05, 0.1) is 16.8 Å². The van der Waals surface area contributed by atoms with Gasteiger partial charge in [0.15, 0.2) is 0 Å². The Morgan fingerprint density at radius 2 is 2.15 bits per heavy atom. The van der Waals surface area contributed by atoms with Crippen LogP contribution in [0.1, 0.15) is 45.2 Å². The number of nitrogens with two attached hydrogens (primary N) is 1. The number of benzene rings is 1. The van der Waals surface area contributed by atoms with Crippen molar-refractivity contribution in [3.05, 3.63) is 63.2 Å². The number of aromatic nitrogens is 2. The van der Waals surface area contributed by atoms with E-state index >= 15 is 0 Å². The summed E-state index contributed by atoms with van der Waals surface area (Å²) in [5.74, 6) is 0.333. The molecule has 1 aliphatic rings. The lowest BCUT2D eigenvalue weighted by Gasteiger charge is -2.14. The average molecular weight is 379 g/mol. The molecule has 2 aromatic heterocycles. The fourth-order valence-corrected chi connectivity index (χ4v) is 4.47. The van der Waals surface area contributed by atoms with Crippen molar-refractivity contribution >= 4 is 17.2 Å². The molecule has 0 aliphatic heterocycles. The fraction of sp³-hybridized carbons (Fsp3) is 0.286. The molecule has 1 aromatic carbocycles. The minimum absolute atomic E-state index is 0.0482. The van der Waals surface area contributed by atoms with Crippen LogP contribution in [0.4, 0.5) is 0 Å². The molecule has 0 unspecified atom stereocenters. The van der Waals surface area contributed by atoms with Crippen molar-refractivity contribution in [1.29, 1.82) is 0 Å². The third kappa shape index (κ3) is 3.57. The number of carbonyl (C=O) groups excluding carboxylic acids is 1. The molecule has 2 N–H and O–H groups in total. The normalized spacial score (nSPS) is 12.6. The highest BCUT2D eigenvalue weighted by Gasteiger charge is 2.21. The third-order valence-electron chi connectivity index (χ3n) is 4.57. The average Bonchev–Trinajstić information content (AvgIpc) is 3.05. The maximum Gasteiger partial charge on any atom is 0.248 e. The lowest BCUT2D eigenvalue weighted by molar-refractivity contribution is 0.1000. The maximum absolute atomic E-state index is 11.6. The number of pyridine rings is 1. The number of amides is 1. The number of hydrogen-bond donors (Lipinski definition) is 1. The summed E-state index contributed by atoms with van der Waals surface area (Å²) in [6.07, 6.45) is 6.40. The molecule has 4 rings (SSSR count). The molecular formula is C21H21N3O2S. The van der Waals surface area contributed by atoms with Crippen LogP contribution in [0.15, 0.2) is 36.7 Å². The van der Waals surface area contributed by atoms with Crippen molar-refractivity contribution in [2.75, 3.05) is 0 Å². The van der Waals surface area contributed by atoms with E-state index in [-0.39, 0.29) is 6.10 Å². The largest absolute Gasteiger partial charge is 0.491 e. The van der Waals surface area contributed by atoms with Crippen molar-refractivity contribution in [3.63, 3.8) is 0 Å². The van der Waals surface area contributed by atoms with E-state index in [4.69, 9.17) is 15.5 Å². The molecular weight excluding hydrogens is 358 g/mol. The number of hydrogen-bond acceptors (Lipinski definition) is 5. The zero-order chi connectivity index (χ0) is 19.0. The van der Waals surface area contributed by atoms with E-state index < -0.39 is 5.91 Å². The zero-order valence-electron chi connectivity index (χ0n) is 15.4. The first-order valence-corrected chi connectivity index (χ1v) is 9.84. The van der Waals surface area contributed by atoms with Crippen molar-refractivity contribution < 1.29 is 9.53 Å². The number of fused-ring (bicyclic) bond motifs is 3. The number of carbonyl (C=O) groups is 1. The summed E-state index contributed by atoms with van der Waals surface area (Å²) in [6.45, 7) is 3.97. The first-order valence-electron chi connectivity index (χ1n) is 9.02.